The molecule has 1 saturated heterocycles. The van der Waals surface area contributed by atoms with E-state index in [1.165, 1.54) is 44.9 Å². The number of piperidine rings is 1. The first kappa shape index (κ1) is 14.2. The molecule has 0 aromatic heterocycles. The molecule has 114 valence electrons. The van der Waals surface area contributed by atoms with Crippen LogP contribution in [0.1, 0.15) is 55.3 Å². The lowest BCUT2D eigenvalue weighted by molar-refractivity contribution is 0.100. The molecule has 3 rings (SSSR count). The van der Waals surface area contributed by atoms with Crippen LogP contribution in [0.2, 0.25) is 0 Å². The number of hydrogen-bond acceptors (Lipinski definition) is 3. The molecule has 1 heterocycles. The molecular weight excluding hydrogens is 262 g/mol. The predicted octanol–water partition coefficient (Wildman–Crippen LogP) is 2.92. The molecule has 1 aromatic rings. The summed E-state index contributed by atoms with van der Waals surface area (Å²) < 4.78 is 0. The van der Waals surface area contributed by atoms with Crippen molar-refractivity contribution < 1.29 is 4.79 Å². The zero-order valence-corrected chi connectivity index (χ0v) is 12.6. The number of primary amides is 1. The minimum Gasteiger partial charge on any atom is -0.398 e. The molecular formula is C17H25N3O. The molecule has 1 aromatic carbocycles. The smallest absolute Gasteiger partial charge is 0.250 e. The van der Waals surface area contributed by atoms with E-state index in [0.29, 0.717) is 16.7 Å². The van der Waals surface area contributed by atoms with Crippen LogP contribution in [-0.2, 0) is 0 Å². The Morgan fingerprint density at radius 1 is 1.05 bits per heavy atom. The molecule has 1 amide bonds. The molecule has 1 aliphatic carbocycles. The summed E-state index contributed by atoms with van der Waals surface area (Å²) >= 11 is 0. The molecule has 21 heavy (non-hydrogen) atoms. The quantitative estimate of drug-likeness (QED) is 0.821. The van der Waals surface area contributed by atoms with Crippen LogP contribution >= 0.6 is 0 Å². The lowest BCUT2D eigenvalue weighted by atomic mass is 9.68. The highest BCUT2D eigenvalue weighted by Crippen LogP contribution is 2.45. The SMILES string of the molecule is NC(=O)c1cc(N2CCC3(CCCCC3)CC2)ccc1N. The Morgan fingerprint density at radius 3 is 2.33 bits per heavy atom. The lowest BCUT2D eigenvalue weighted by Crippen LogP contribution is -2.41. The Morgan fingerprint density at radius 2 is 1.71 bits per heavy atom. The summed E-state index contributed by atoms with van der Waals surface area (Å²) in [5.74, 6) is -0.449. The van der Waals surface area contributed by atoms with E-state index >= 15 is 0 Å². The van der Waals surface area contributed by atoms with Gasteiger partial charge >= 0.3 is 0 Å². The summed E-state index contributed by atoms with van der Waals surface area (Å²) in [7, 11) is 0. The fourth-order valence-electron chi connectivity index (χ4n) is 4.00. The second-order valence-corrected chi connectivity index (χ2v) is 6.68. The number of nitrogens with zero attached hydrogens (tertiary/aromatic N) is 1. The van der Waals surface area contributed by atoms with Gasteiger partial charge in [-0.25, -0.2) is 0 Å². The van der Waals surface area contributed by atoms with Gasteiger partial charge in [0.1, 0.15) is 0 Å². The number of hydrogen-bond donors (Lipinski definition) is 2. The Balaban J connectivity index is 1.72. The molecule has 4 N–H and O–H groups in total. The van der Waals surface area contributed by atoms with Crippen molar-refractivity contribution in [2.45, 2.75) is 44.9 Å². The molecule has 0 radical (unpaired) electrons. The van der Waals surface area contributed by atoms with Crippen molar-refractivity contribution in [1.29, 1.82) is 0 Å². The highest BCUT2D eigenvalue weighted by atomic mass is 16.1. The summed E-state index contributed by atoms with van der Waals surface area (Å²) in [6.07, 6.45) is 9.53. The van der Waals surface area contributed by atoms with Crippen LogP contribution in [0.15, 0.2) is 18.2 Å². The number of benzene rings is 1. The van der Waals surface area contributed by atoms with Crippen LogP contribution in [0.3, 0.4) is 0 Å². The van der Waals surface area contributed by atoms with E-state index in [0.717, 1.165) is 18.8 Å². The number of anilines is 2. The molecule has 1 saturated carbocycles. The second-order valence-electron chi connectivity index (χ2n) is 6.68. The van der Waals surface area contributed by atoms with Gasteiger partial charge in [0, 0.05) is 24.5 Å². The van der Waals surface area contributed by atoms with Gasteiger partial charge in [-0.1, -0.05) is 19.3 Å². The average Bonchev–Trinajstić information content (AvgIpc) is 2.49. The summed E-state index contributed by atoms with van der Waals surface area (Å²) in [6.45, 7) is 2.14. The first-order valence-electron chi connectivity index (χ1n) is 8.04. The van der Waals surface area contributed by atoms with Gasteiger partial charge in [-0.2, -0.15) is 0 Å². The lowest BCUT2D eigenvalue weighted by Gasteiger charge is -2.45. The topological polar surface area (TPSA) is 72.4 Å². The van der Waals surface area contributed by atoms with Gasteiger partial charge in [0.2, 0.25) is 0 Å². The summed E-state index contributed by atoms with van der Waals surface area (Å²) in [5.41, 5.74) is 13.8. The molecule has 2 fully saturated rings. The van der Waals surface area contributed by atoms with E-state index in [-0.39, 0.29) is 0 Å². The van der Waals surface area contributed by atoms with E-state index in [1.807, 2.05) is 12.1 Å². The van der Waals surface area contributed by atoms with Crippen LogP contribution in [0.25, 0.3) is 0 Å². The Hall–Kier alpha value is -1.71. The standard InChI is InChI=1S/C17H25N3O/c18-15-5-4-13(12-14(15)16(19)21)20-10-8-17(9-11-20)6-2-1-3-7-17/h4-5,12H,1-3,6-11,18H2,(H2,19,21). The second kappa shape index (κ2) is 5.58. The van der Waals surface area contributed by atoms with E-state index in [2.05, 4.69) is 4.90 Å². The molecule has 4 nitrogen and oxygen atoms in total. The van der Waals surface area contributed by atoms with E-state index in [1.54, 1.807) is 6.07 Å². The van der Waals surface area contributed by atoms with Crippen molar-refractivity contribution in [1.82, 2.24) is 0 Å². The number of carbonyl (C=O) groups excluding carboxylic acids is 1. The normalized spacial score (nSPS) is 21.4. The van der Waals surface area contributed by atoms with Crippen molar-refractivity contribution >= 4 is 17.3 Å². The average molecular weight is 287 g/mol. The summed E-state index contributed by atoms with van der Waals surface area (Å²) in [6, 6.07) is 5.64. The van der Waals surface area contributed by atoms with Gasteiger partial charge in [0.05, 0.1) is 5.56 Å². The maximum Gasteiger partial charge on any atom is 0.250 e. The first-order chi connectivity index (χ1) is 10.1. The molecule has 1 aliphatic heterocycles. The number of amides is 1. The van der Waals surface area contributed by atoms with Crippen LogP contribution < -0.4 is 16.4 Å². The van der Waals surface area contributed by atoms with E-state index < -0.39 is 5.91 Å². The fraction of sp³-hybridized carbons (Fsp3) is 0.588. The van der Waals surface area contributed by atoms with Gasteiger partial charge in [0.25, 0.3) is 5.91 Å². The minimum atomic E-state index is -0.449. The van der Waals surface area contributed by atoms with Crippen LogP contribution in [-0.4, -0.2) is 19.0 Å². The van der Waals surface area contributed by atoms with Crippen LogP contribution in [0.4, 0.5) is 11.4 Å². The van der Waals surface area contributed by atoms with E-state index in [4.69, 9.17) is 11.5 Å². The van der Waals surface area contributed by atoms with Gasteiger partial charge in [-0.15, -0.1) is 0 Å². The van der Waals surface area contributed by atoms with Gasteiger partial charge < -0.3 is 16.4 Å². The maximum atomic E-state index is 11.4. The zero-order valence-electron chi connectivity index (χ0n) is 12.6. The van der Waals surface area contributed by atoms with Crippen molar-refractivity contribution in [2.75, 3.05) is 23.7 Å². The highest BCUT2D eigenvalue weighted by Gasteiger charge is 2.35. The number of rotatable bonds is 2. The third-order valence-corrected chi connectivity index (χ3v) is 5.41. The summed E-state index contributed by atoms with van der Waals surface area (Å²) in [5, 5.41) is 0. The van der Waals surface area contributed by atoms with Crippen molar-refractivity contribution in [3.8, 4) is 0 Å². The van der Waals surface area contributed by atoms with Crippen molar-refractivity contribution in [3.63, 3.8) is 0 Å². The molecule has 4 heteroatoms. The maximum absolute atomic E-state index is 11.4. The Kier molecular flexibility index (Phi) is 3.79. The van der Waals surface area contributed by atoms with Gasteiger partial charge in [0.15, 0.2) is 0 Å². The number of nitrogen functional groups attached to an aromatic ring is 1. The molecule has 0 bridgehead atoms. The third-order valence-electron chi connectivity index (χ3n) is 5.41. The van der Waals surface area contributed by atoms with Gasteiger partial charge in [-0.3, -0.25) is 4.79 Å². The van der Waals surface area contributed by atoms with Crippen LogP contribution in [0, 0.1) is 5.41 Å². The van der Waals surface area contributed by atoms with Gasteiger partial charge in [-0.05, 0) is 49.3 Å². The molecule has 0 atom stereocenters. The fourth-order valence-corrected chi connectivity index (χ4v) is 4.00. The van der Waals surface area contributed by atoms with Crippen molar-refractivity contribution in [3.05, 3.63) is 23.8 Å². The first-order valence-corrected chi connectivity index (χ1v) is 8.04. The van der Waals surface area contributed by atoms with Crippen LogP contribution in [0.5, 0.6) is 0 Å². The van der Waals surface area contributed by atoms with E-state index in [9.17, 15) is 4.79 Å². The number of nitrogens with two attached hydrogens (primary N) is 2. The largest absolute Gasteiger partial charge is 0.398 e. The zero-order chi connectivity index (χ0) is 14.9. The Bertz CT molecular complexity index is 525. The minimum absolute atomic E-state index is 0.436. The summed E-state index contributed by atoms with van der Waals surface area (Å²) in [4.78, 5) is 13.8. The molecule has 2 aliphatic rings. The number of carbonyl (C=O) groups is 1. The molecule has 0 unspecified atom stereocenters. The highest BCUT2D eigenvalue weighted by molar-refractivity contribution is 5.99. The molecule has 1 spiro atoms. The monoisotopic (exact) mass is 287 g/mol. The Labute approximate surface area is 126 Å². The van der Waals surface area contributed by atoms with Crippen molar-refractivity contribution in [2.24, 2.45) is 11.1 Å². The predicted molar refractivity (Wildman–Crippen MR) is 86.3 cm³/mol. The third kappa shape index (κ3) is 2.85.